The van der Waals surface area contributed by atoms with Crippen LogP contribution in [-0.4, -0.2) is 187 Å². The van der Waals surface area contributed by atoms with Crippen molar-refractivity contribution in [3.05, 3.63) is 0 Å². The molecular weight excluding hydrogens is 633 g/mol. The van der Waals surface area contributed by atoms with Gasteiger partial charge in [-0.2, -0.15) is 0 Å². The molecule has 24 heteroatoms. The normalized spacial score (nSPS) is 13.2. The van der Waals surface area contributed by atoms with Gasteiger partial charge in [-0.25, -0.2) is 4.21 Å². The van der Waals surface area contributed by atoms with E-state index in [0.717, 1.165) is 9.80 Å². The van der Waals surface area contributed by atoms with E-state index < -0.39 is 92.4 Å². The molecule has 0 aromatic rings. The average Bonchev–Trinajstić information content (AvgIpc) is 2.73. The maximum Gasteiger partial charge on any atom is 2.00 e. The van der Waals surface area contributed by atoms with Crippen molar-refractivity contribution in [3.8, 4) is 0 Å². The Balaban J connectivity index is -0.0000000941. The zero-order chi connectivity index (χ0) is 29.0. The summed E-state index contributed by atoms with van der Waals surface area (Å²) in [7, 11) is 0. The number of carbonyl (C=O) groups is 5. The topological polar surface area (TPSA) is 346 Å². The third-order valence-electron chi connectivity index (χ3n) is 3.56. The van der Waals surface area contributed by atoms with Gasteiger partial charge >= 0.3 is 126 Å². The largest absolute Gasteiger partial charge is 2.00 e. The van der Waals surface area contributed by atoms with Gasteiger partial charge in [0.25, 0.3) is 0 Å². The van der Waals surface area contributed by atoms with Crippen molar-refractivity contribution in [2.75, 3.05) is 45.9 Å². The summed E-state index contributed by atoms with van der Waals surface area (Å²) in [4.78, 5) is 53.3. The van der Waals surface area contributed by atoms with E-state index in [-0.39, 0.29) is 146 Å². The summed E-state index contributed by atoms with van der Waals surface area (Å²) >= 11 is -2.86. The minimum Gasteiger partial charge on any atom is -0.750 e. The Morgan fingerprint density at radius 2 is 0.975 bits per heavy atom. The van der Waals surface area contributed by atoms with Crippen LogP contribution >= 0.6 is 0 Å². The van der Waals surface area contributed by atoms with Crippen molar-refractivity contribution < 1.29 is 172 Å². The molecule has 0 amide bonds. The number of aliphatic hydroxyl groups is 5. The number of aliphatic hydroxyl groups excluding tert-OH is 5. The van der Waals surface area contributed by atoms with Crippen molar-refractivity contribution in [2.24, 2.45) is 0 Å². The summed E-state index contributed by atoms with van der Waals surface area (Å²) in [6.07, 6.45) is -6.84. The summed E-state index contributed by atoms with van der Waals surface area (Å²) in [5, 5.41) is 85.2. The zero-order valence-electron chi connectivity index (χ0n) is 22.0. The van der Waals surface area contributed by atoms with E-state index in [2.05, 4.69) is 0 Å². The molecule has 5 unspecified atom stereocenters. The van der Waals surface area contributed by atoms with Gasteiger partial charge in [0.2, 0.25) is 0 Å². The molecule has 0 aromatic heterocycles. The van der Waals surface area contributed by atoms with Crippen molar-refractivity contribution >= 4 is 79.3 Å². The maximum atomic E-state index is 10.4. The third-order valence-corrected chi connectivity index (χ3v) is 3.56. The molecule has 212 valence electrons. The third kappa shape index (κ3) is 39.6. The van der Waals surface area contributed by atoms with Gasteiger partial charge in [-0.15, -0.1) is 0 Å². The second-order valence-corrected chi connectivity index (χ2v) is 6.92. The van der Waals surface area contributed by atoms with Gasteiger partial charge in [-0.3, -0.25) is 9.80 Å². The molecule has 0 radical (unpaired) electrons. The quantitative estimate of drug-likeness (QED) is 0.0509. The maximum absolute atomic E-state index is 10.4. The first-order chi connectivity index (χ1) is 16.5. The van der Waals surface area contributed by atoms with Crippen molar-refractivity contribution in [3.63, 3.8) is 0 Å². The van der Waals surface area contributed by atoms with Crippen LogP contribution < -0.4 is 109 Å². The van der Waals surface area contributed by atoms with E-state index in [1.54, 1.807) is 0 Å². The Kier molecular flexibility index (Phi) is 50.2. The molecule has 0 aliphatic heterocycles. The number of rotatable bonds is 16. The molecule has 0 aliphatic carbocycles. The van der Waals surface area contributed by atoms with Gasteiger partial charge in [0.15, 0.2) is 6.29 Å². The van der Waals surface area contributed by atoms with Crippen molar-refractivity contribution in [1.82, 2.24) is 9.80 Å². The Hall–Kier alpha value is 1.60. The van der Waals surface area contributed by atoms with Crippen LogP contribution in [0.3, 0.4) is 0 Å². The smallest absolute Gasteiger partial charge is 0.750 e. The molecular formula is C16H25CaN2Na3O17S. The minimum atomic E-state index is -2.86. The van der Waals surface area contributed by atoms with Crippen LogP contribution in [0.25, 0.3) is 0 Å². The van der Waals surface area contributed by atoms with E-state index >= 15 is 0 Å². The predicted octanol–water partition coefficient (Wildman–Crippen LogP) is -20.8. The van der Waals surface area contributed by atoms with Crippen LogP contribution in [0.15, 0.2) is 0 Å². The first-order valence-corrected chi connectivity index (χ1v) is 10.3. The van der Waals surface area contributed by atoms with Gasteiger partial charge in [0.1, 0.15) is 24.4 Å². The molecule has 0 fully saturated rings. The summed E-state index contributed by atoms with van der Waals surface area (Å²) in [5.41, 5.74) is 0. The molecule has 6 N–H and O–H groups in total. The number of carboxylic acid groups (broad SMARTS) is 4. The molecule has 0 bridgehead atoms. The fraction of sp³-hybridized carbons (Fsp3) is 0.688. The Morgan fingerprint density at radius 3 is 1.15 bits per heavy atom. The fourth-order valence-corrected chi connectivity index (χ4v) is 2.06. The van der Waals surface area contributed by atoms with Crippen molar-refractivity contribution in [1.29, 1.82) is 0 Å². The first-order valence-electron chi connectivity index (χ1n) is 9.29. The number of aliphatic carboxylic acids is 4. The average molecular weight is 658 g/mol. The molecule has 0 aromatic carbocycles. The Bertz CT molecular complexity index is 658. The van der Waals surface area contributed by atoms with Gasteiger partial charge in [0, 0.05) is 39.3 Å². The van der Waals surface area contributed by atoms with Crippen LogP contribution in [0.2, 0.25) is 0 Å². The molecule has 0 rings (SSSR count). The number of aldehydes is 1. The SMILES string of the molecule is O=C([O-])CN(CCN(CC(=O)[O-])CC(=O)[O-])CC(=O)[O-].O=CC(O)C(O)C(O)C(O)CO.O=S([O-])O.[Ca+2].[Na+].[Na+].[Na+]. The number of nitrogens with zero attached hydrogens (tertiary/aromatic N) is 2. The second kappa shape index (κ2) is 35.1. The van der Waals surface area contributed by atoms with Crippen LogP contribution in [0, 0.1) is 0 Å². The molecule has 40 heavy (non-hydrogen) atoms. The Morgan fingerprint density at radius 1 is 0.725 bits per heavy atom. The minimum absolute atomic E-state index is 0. The summed E-state index contributed by atoms with van der Waals surface area (Å²) in [6, 6.07) is 0. The summed E-state index contributed by atoms with van der Waals surface area (Å²) in [6.45, 7) is -4.01. The zero-order valence-corrected chi connectivity index (χ0v) is 31.0. The van der Waals surface area contributed by atoms with E-state index in [9.17, 15) is 44.4 Å². The van der Waals surface area contributed by atoms with Crippen LogP contribution in [0.4, 0.5) is 0 Å². The molecule has 0 saturated carbocycles. The molecule has 19 nitrogen and oxygen atoms in total. The molecule has 0 spiro atoms. The van der Waals surface area contributed by atoms with Crippen LogP contribution in [0.1, 0.15) is 0 Å². The van der Waals surface area contributed by atoms with E-state index in [4.69, 9.17) is 38.8 Å². The van der Waals surface area contributed by atoms with Gasteiger partial charge < -0.3 is 79.0 Å². The van der Waals surface area contributed by atoms with E-state index in [0.29, 0.717) is 0 Å². The number of hydrogen-bond donors (Lipinski definition) is 6. The monoisotopic (exact) mass is 658 g/mol. The second-order valence-electron chi connectivity index (χ2n) is 6.48. The van der Waals surface area contributed by atoms with Gasteiger partial charge in [-0.1, -0.05) is 0 Å². The molecule has 5 atom stereocenters. The Labute approximate surface area is 326 Å². The molecule has 0 aliphatic rings. The van der Waals surface area contributed by atoms with Gasteiger partial charge in [0.05, 0.1) is 41.8 Å². The van der Waals surface area contributed by atoms with Crippen LogP contribution in [0.5, 0.6) is 0 Å². The van der Waals surface area contributed by atoms with Crippen LogP contribution in [-0.2, 0) is 35.3 Å². The number of hydrogen-bond acceptors (Lipinski definition) is 18. The molecule has 0 heterocycles. The van der Waals surface area contributed by atoms with Crippen molar-refractivity contribution in [2.45, 2.75) is 24.4 Å². The standard InChI is InChI=1S/C10H16N2O8.C6H12O6.Ca.3Na.H2O3S/c13-7(14)3-11(4-8(15)16)1-2-12(5-9(17)18)6-10(19)20;7-1-3(9)5(11)6(12)4(10)2-8;;;;;1-4(2)3/h1-6H2,(H,13,14)(H,15,16)(H,17,18)(H,19,20);1,3-6,8-12H,2H2;;;;;(H2,1,2,3)/q;;+2;3*+1;/p-5. The summed E-state index contributed by atoms with van der Waals surface area (Å²) < 4.78 is 24.1. The predicted molar refractivity (Wildman–Crippen MR) is 107 cm³/mol. The molecule has 0 saturated heterocycles. The van der Waals surface area contributed by atoms with E-state index in [1.165, 1.54) is 0 Å². The fourth-order valence-electron chi connectivity index (χ4n) is 2.06. The first kappa shape index (κ1) is 57.3. The van der Waals surface area contributed by atoms with E-state index in [1.807, 2.05) is 0 Å². The van der Waals surface area contributed by atoms with Gasteiger partial charge in [-0.05, 0) is 0 Å². The number of carbonyl (C=O) groups excluding carboxylic acids is 5. The summed E-state index contributed by atoms with van der Waals surface area (Å²) in [5.74, 6) is -6.12. The number of carboxylic acids is 4.